The summed E-state index contributed by atoms with van der Waals surface area (Å²) < 4.78 is 45.0. The second-order valence-corrected chi connectivity index (χ2v) is 6.55. The lowest BCUT2D eigenvalue weighted by atomic mass is 10.1. The Morgan fingerprint density at radius 2 is 1.82 bits per heavy atom. The summed E-state index contributed by atoms with van der Waals surface area (Å²) in [6, 6.07) is 10.4. The molecule has 118 valence electrons. The summed E-state index contributed by atoms with van der Waals surface area (Å²) in [7, 11) is -2.15. The number of methoxy groups -OCH3 is 1. The first kappa shape index (κ1) is 16.5. The van der Waals surface area contributed by atoms with E-state index in [0.717, 1.165) is 29.7 Å². The average Bonchev–Trinajstić information content (AvgIpc) is 2.53. The third-order valence-corrected chi connectivity index (χ3v) is 4.75. The fraction of sp³-hybridized carbons (Fsp3) is 0.250. The van der Waals surface area contributed by atoms with E-state index in [9.17, 15) is 12.8 Å². The molecule has 2 rings (SSSR count). The van der Waals surface area contributed by atoms with Gasteiger partial charge in [0.25, 0.3) is 0 Å². The number of rotatable bonds is 6. The van der Waals surface area contributed by atoms with Crippen molar-refractivity contribution < 1.29 is 17.5 Å². The van der Waals surface area contributed by atoms with E-state index < -0.39 is 15.8 Å². The maximum Gasteiger partial charge on any atom is 0.240 e. The van der Waals surface area contributed by atoms with Crippen LogP contribution in [0.2, 0.25) is 0 Å². The van der Waals surface area contributed by atoms with E-state index in [1.165, 1.54) is 12.1 Å². The van der Waals surface area contributed by atoms with Crippen molar-refractivity contribution in [2.45, 2.75) is 24.8 Å². The number of hydrogen-bond acceptors (Lipinski definition) is 3. The van der Waals surface area contributed by atoms with Gasteiger partial charge in [0.1, 0.15) is 11.6 Å². The minimum absolute atomic E-state index is 0.0273. The molecule has 0 bridgehead atoms. The molecule has 0 fully saturated rings. The second-order valence-electron chi connectivity index (χ2n) is 4.78. The quantitative estimate of drug-likeness (QED) is 0.889. The standard InChI is InChI=1S/C16H18FNO3S/c1-3-12-4-9-16(21-2)13(10-12)11-18-22(19,20)15-7-5-14(17)6-8-15/h4-10,18H,3,11H2,1-2H3. The van der Waals surface area contributed by atoms with Gasteiger partial charge in [0.05, 0.1) is 12.0 Å². The van der Waals surface area contributed by atoms with Gasteiger partial charge in [-0.1, -0.05) is 19.1 Å². The van der Waals surface area contributed by atoms with Gasteiger partial charge in [0.15, 0.2) is 0 Å². The number of sulfonamides is 1. The van der Waals surface area contributed by atoms with Crippen molar-refractivity contribution in [3.63, 3.8) is 0 Å². The molecule has 0 atom stereocenters. The van der Waals surface area contributed by atoms with Gasteiger partial charge in [0.2, 0.25) is 10.0 Å². The Labute approximate surface area is 130 Å². The van der Waals surface area contributed by atoms with Crippen LogP contribution in [0.4, 0.5) is 4.39 Å². The van der Waals surface area contributed by atoms with Gasteiger partial charge in [-0.05, 0) is 42.3 Å². The van der Waals surface area contributed by atoms with Crippen LogP contribution in [0.3, 0.4) is 0 Å². The van der Waals surface area contributed by atoms with Crippen LogP contribution >= 0.6 is 0 Å². The Morgan fingerprint density at radius 3 is 2.41 bits per heavy atom. The zero-order valence-corrected chi connectivity index (χ0v) is 13.3. The van der Waals surface area contributed by atoms with E-state index in [-0.39, 0.29) is 11.4 Å². The lowest BCUT2D eigenvalue weighted by molar-refractivity contribution is 0.409. The van der Waals surface area contributed by atoms with Crippen molar-refractivity contribution in [3.05, 3.63) is 59.4 Å². The summed E-state index contributed by atoms with van der Waals surface area (Å²) in [6.45, 7) is 2.13. The SMILES string of the molecule is CCc1ccc(OC)c(CNS(=O)(=O)c2ccc(F)cc2)c1. The first-order valence-corrected chi connectivity index (χ1v) is 8.35. The molecular formula is C16H18FNO3S. The molecule has 0 aliphatic heterocycles. The van der Waals surface area contributed by atoms with Crippen molar-refractivity contribution in [2.24, 2.45) is 0 Å². The first-order chi connectivity index (χ1) is 10.5. The molecule has 0 radical (unpaired) electrons. The van der Waals surface area contributed by atoms with Crippen LogP contribution in [0.5, 0.6) is 5.75 Å². The Morgan fingerprint density at radius 1 is 1.14 bits per heavy atom. The highest BCUT2D eigenvalue weighted by atomic mass is 32.2. The molecule has 4 nitrogen and oxygen atoms in total. The fourth-order valence-corrected chi connectivity index (χ4v) is 3.07. The monoisotopic (exact) mass is 323 g/mol. The van der Waals surface area contributed by atoms with Gasteiger partial charge in [0, 0.05) is 12.1 Å². The molecule has 1 N–H and O–H groups in total. The fourth-order valence-electron chi connectivity index (χ4n) is 2.06. The summed E-state index contributed by atoms with van der Waals surface area (Å²) in [5.74, 6) is 0.148. The maximum absolute atomic E-state index is 12.9. The summed E-state index contributed by atoms with van der Waals surface area (Å²) in [6.07, 6.45) is 0.849. The normalized spacial score (nSPS) is 11.4. The van der Waals surface area contributed by atoms with Crippen LogP contribution in [-0.2, 0) is 23.0 Å². The minimum Gasteiger partial charge on any atom is -0.496 e. The molecule has 0 amide bonds. The van der Waals surface area contributed by atoms with Gasteiger partial charge in [-0.3, -0.25) is 0 Å². The smallest absolute Gasteiger partial charge is 0.240 e. The van der Waals surface area contributed by atoms with E-state index in [1.807, 2.05) is 25.1 Å². The van der Waals surface area contributed by atoms with E-state index >= 15 is 0 Å². The van der Waals surface area contributed by atoms with E-state index in [4.69, 9.17) is 4.74 Å². The molecule has 0 saturated heterocycles. The van der Waals surface area contributed by atoms with Gasteiger partial charge in [-0.15, -0.1) is 0 Å². The number of benzene rings is 2. The number of ether oxygens (including phenoxy) is 1. The zero-order chi connectivity index (χ0) is 16.2. The highest BCUT2D eigenvalue weighted by Crippen LogP contribution is 2.21. The molecule has 2 aromatic carbocycles. The molecule has 2 aromatic rings. The van der Waals surface area contributed by atoms with Crippen LogP contribution in [0.25, 0.3) is 0 Å². The summed E-state index contributed by atoms with van der Waals surface area (Å²) >= 11 is 0. The molecule has 0 aliphatic carbocycles. The second kappa shape index (κ2) is 6.89. The van der Waals surface area contributed by atoms with E-state index in [0.29, 0.717) is 5.75 Å². The molecule has 22 heavy (non-hydrogen) atoms. The number of aryl methyl sites for hydroxylation is 1. The number of nitrogens with one attached hydrogen (secondary N) is 1. The first-order valence-electron chi connectivity index (χ1n) is 6.87. The van der Waals surface area contributed by atoms with Crippen LogP contribution < -0.4 is 9.46 Å². The van der Waals surface area contributed by atoms with Crippen LogP contribution in [0.15, 0.2) is 47.4 Å². The topological polar surface area (TPSA) is 55.4 Å². The Hall–Kier alpha value is -1.92. The van der Waals surface area contributed by atoms with Crippen molar-refractivity contribution >= 4 is 10.0 Å². The number of hydrogen-bond donors (Lipinski definition) is 1. The molecule has 0 unspecified atom stereocenters. The lowest BCUT2D eigenvalue weighted by Gasteiger charge is -2.12. The lowest BCUT2D eigenvalue weighted by Crippen LogP contribution is -2.23. The summed E-state index contributed by atoms with van der Waals surface area (Å²) in [4.78, 5) is 0.0273. The molecule has 0 spiro atoms. The molecule has 0 aliphatic rings. The third-order valence-electron chi connectivity index (χ3n) is 3.33. The van der Waals surface area contributed by atoms with Gasteiger partial charge in [-0.2, -0.15) is 0 Å². The van der Waals surface area contributed by atoms with Crippen molar-refractivity contribution in [2.75, 3.05) is 7.11 Å². The zero-order valence-electron chi connectivity index (χ0n) is 12.5. The van der Waals surface area contributed by atoms with Crippen molar-refractivity contribution in [3.8, 4) is 5.75 Å². The largest absolute Gasteiger partial charge is 0.496 e. The predicted octanol–water partition coefficient (Wildman–Crippen LogP) is 2.88. The molecule has 6 heteroatoms. The van der Waals surface area contributed by atoms with Crippen LogP contribution in [0, 0.1) is 5.82 Å². The van der Waals surface area contributed by atoms with E-state index in [1.54, 1.807) is 7.11 Å². The molecule has 0 heterocycles. The average molecular weight is 323 g/mol. The van der Waals surface area contributed by atoms with Gasteiger partial charge < -0.3 is 4.74 Å². The Kier molecular flexibility index (Phi) is 5.15. The van der Waals surface area contributed by atoms with Crippen molar-refractivity contribution in [1.29, 1.82) is 0 Å². The van der Waals surface area contributed by atoms with Crippen LogP contribution in [-0.4, -0.2) is 15.5 Å². The minimum atomic E-state index is -3.69. The molecule has 0 saturated carbocycles. The summed E-state index contributed by atoms with van der Waals surface area (Å²) in [5.41, 5.74) is 1.85. The van der Waals surface area contributed by atoms with Crippen LogP contribution in [0.1, 0.15) is 18.1 Å². The predicted molar refractivity (Wildman–Crippen MR) is 82.8 cm³/mol. The maximum atomic E-state index is 12.9. The molecular weight excluding hydrogens is 305 g/mol. The van der Waals surface area contributed by atoms with E-state index in [2.05, 4.69) is 4.72 Å². The molecule has 0 aromatic heterocycles. The number of halogens is 1. The third kappa shape index (κ3) is 3.84. The Balaban J connectivity index is 2.20. The highest BCUT2D eigenvalue weighted by Gasteiger charge is 2.15. The van der Waals surface area contributed by atoms with Gasteiger partial charge in [-0.25, -0.2) is 17.5 Å². The van der Waals surface area contributed by atoms with Gasteiger partial charge >= 0.3 is 0 Å². The highest BCUT2D eigenvalue weighted by molar-refractivity contribution is 7.89. The Bertz CT molecular complexity index is 742. The van der Waals surface area contributed by atoms with Crippen molar-refractivity contribution in [1.82, 2.24) is 4.72 Å². The summed E-state index contributed by atoms with van der Waals surface area (Å²) in [5, 5.41) is 0.